The van der Waals surface area contributed by atoms with Gasteiger partial charge in [-0.1, -0.05) is 30.3 Å². The molecule has 5 rings (SSSR count). The molecule has 30 heavy (non-hydrogen) atoms. The number of hydrogen-bond acceptors (Lipinski definition) is 4. The van der Waals surface area contributed by atoms with Crippen LogP contribution in [-0.2, 0) is 24.2 Å². The van der Waals surface area contributed by atoms with Crippen molar-refractivity contribution >= 4 is 11.8 Å². The normalized spacial score (nSPS) is 22.3. The third kappa shape index (κ3) is 3.64. The van der Waals surface area contributed by atoms with Gasteiger partial charge in [0.05, 0.1) is 0 Å². The summed E-state index contributed by atoms with van der Waals surface area (Å²) in [5, 5.41) is 2.84. The van der Waals surface area contributed by atoms with E-state index in [0.717, 1.165) is 43.7 Å². The summed E-state index contributed by atoms with van der Waals surface area (Å²) in [7, 11) is 0. The van der Waals surface area contributed by atoms with Gasteiger partial charge in [0, 0.05) is 50.1 Å². The Morgan fingerprint density at radius 2 is 1.97 bits per heavy atom. The van der Waals surface area contributed by atoms with Crippen molar-refractivity contribution in [3.8, 4) is 0 Å². The van der Waals surface area contributed by atoms with Gasteiger partial charge in [-0.05, 0) is 31.2 Å². The minimum atomic E-state index is -0.473. The first kappa shape index (κ1) is 19.0. The lowest BCUT2D eigenvalue weighted by Gasteiger charge is -2.22. The van der Waals surface area contributed by atoms with Crippen molar-refractivity contribution in [2.75, 3.05) is 19.6 Å². The van der Waals surface area contributed by atoms with Crippen molar-refractivity contribution in [2.24, 2.45) is 11.3 Å². The van der Waals surface area contributed by atoms with Crippen LogP contribution in [-0.4, -0.2) is 45.9 Å². The minimum absolute atomic E-state index is 0.0562. The van der Waals surface area contributed by atoms with Crippen molar-refractivity contribution in [3.05, 3.63) is 63.8 Å². The van der Waals surface area contributed by atoms with E-state index in [1.54, 1.807) is 6.20 Å². The van der Waals surface area contributed by atoms with Crippen molar-refractivity contribution < 1.29 is 9.59 Å². The van der Waals surface area contributed by atoms with Crippen LogP contribution >= 0.6 is 0 Å². The molecule has 1 saturated heterocycles. The third-order valence-electron chi connectivity index (χ3n) is 6.58. The average Bonchev–Trinajstić information content (AvgIpc) is 3.43. The molecule has 1 aromatic heterocycles. The van der Waals surface area contributed by atoms with Crippen LogP contribution in [0.15, 0.2) is 41.3 Å². The second kappa shape index (κ2) is 7.38. The number of likely N-dealkylation sites (tertiary alicyclic amines) is 1. The number of carbonyl (C=O) groups excluding carboxylic acids is 2. The fourth-order valence-corrected chi connectivity index (χ4v) is 4.76. The Hall–Kier alpha value is -2.96. The Morgan fingerprint density at radius 1 is 1.17 bits per heavy atom. The Balaban J connectivity index is 1.25. The van der Waals surface area contributed by atoms with Crippen LogP contribution in [0.2, 0.25) is 0 Å². The first-order valence-corrected chi connectivity index (χ1v) is 10.7. The zero-order chi connectivity index (χ0) is 20.7. The van der Waals surface area contributed by atoms with Crippen LogP contribution in [0.3, 0.4) is 0 Å². The largest absolute Gasteiger partial charge is 0.351 e. The Kier molecular flexibility index (Phi) is 4.68. The van der Waals surface area contributed by atoms with Gasteiger partial charge in [-0.2, -0.15) is 4.98 Å². The first-order chi connectivity index (χ1) is 14.5. The molecule has 1 atom stereocenters. The number of fused-ring (bicyclic) bond motifs is 1. The molecule has 2 aliphatic heterocycles. The third-order valence-corrected chi connectivity index (χ3v) is 6.58. The lowest BCUT2D eigenvalue weighted by molar-refractivity contribution is -0.131. The van der Waals surface area contributed by atoms with Gasteiger partial charge in [-0.25, -0.2) is 0 Å². The summed E-state index contributed by atoms with van der Waals surface area (Å²) in [4.78, 5) is 43.7. The number of nitrogens with zero attached hydrogens (tertiary/aromatic N) is 3. The van der Waals surface area contributed by atoms with Crippen LogP contribution < -0.4 is 10.9 Å². The number of amides is 2. The fraction of sp³-hybridized carbons (Fsp3) is 0.478. The highest BCUT2D eigenvalue weighted by Crippen LogP contribution is 2.42. The van der Waals surface area contributed by atoms with Gasteiger partial charge in [-0.15, -0.1) is 0 Å². The zero-order valence-electron chi connectivity index (χ0n) is 17.0. The molecule has 2 aromatic rings. The molecule has 2 amide bonds. The standard InChI is InChI=1S/C23H26N4O3/c28-20(24-10-8-16-4-2-1-3-5-16)18-13-27-15-23(12-19(27)25-21(18)29)9-11-26(14-23)22(30)17-6-7-17/h1-5,13,17H,6-12,14-15H2,(H,24,28)/t23-/m0/s1. The summed E-state index contributed by atoms with van der Waals surface area (Å²) < 4.78 is 1.94. The van der Waals surface area contributed by atoms with E-state index in [-0.39, 0.29) is 28.7 Å². The summed E-state index contributed by atoms with van der Waals surface area (Å²) >= 11 is 0. The Bertz CT molecular complexity index is 1040. The van der Waals surface area contributed by atoms with E-state index in [2.05, 4.69) is 10.3 Å². The van der Waals surface area contributed by atoms with Gasteiger partial charge in [-0.3, -0.25) is 14.4 Å². The number of nitrogens with one attached hydrogen (secondary N) is 1. The van der Waals surface area contributed by atoms with E-state index < -0.39 is 5.56 Å². The lowest BCUT2D eigenvalue weighted by atomic mass is 9.86. The van der Waals surface area contributed by atoms with Crippen molar-refractivity contribution in [1.29, 1.82) is 0 Å². The molecule has 1 aromatic carbocycles. The molecule has 2 fully saturated rings. The van der Waals surface area contributed by atoms with Gasteiger partial charge in [0.2, 0.25) is 5.91 Å². The molecule has 7 heteroatoms. The molecule has 0 unspecified atom stereocenters. The second-order valence-electron chi connectivity index (χ2n) is 8.96. The lowest BCUT2D eigenvalue weighted by Crippen LogP contribution is -2.33. The molecule has 7 nitrogen and oxygen atoms in total. The smallest absolute Gasteiger partial charge is 0.285 e. The maximum Gasteiger partial charge on any atom is 0.285 e. The first-order valence-electron chi connectivity index (χ1n) is 10.7. The molecule has 3 heterocycles. The minimum Gasteiger partial charge on any atom is -0.351 e. The van der Waals surface area contributed by atoms with Gasteiger partial charge in [0.1, 0.15) is 11.4 Å². The molecular weight excluding hydrogens is 380 g/mol. The summed E-state index contributed by atoms with van der Waals surface area (Å²) in [5.41, 5.74) is 0.696. The van der Waals surface area contributed by atoms with Crippen LogP contribution in [0.5, 0.6) is 0 Å². The Labute approximate surface area is 175 Å². The molecular formula is C23H26N4O3. The average molecular weight is 406 g/mol. The summed E-state index contributed by atoms with van der Waals surface area (Å²) in [5.74, 6) is 0.858. The number of aromatic nitrogens is 2. The van der Waals surface area contributed by atoms with Gasteiger partial charge in [0.15, 0.2) is 0 Å². The van der Waals surface area contributed by atoms with E-state index in [0.29, 0.717) is 25.9 Å². The van der Waals surface area contributed by atoms with Gasteiger partial charge >= 0.3 is 0 Å². The Morgan fingerprint density at radius 3 is 2.73 bits per heavy atom. The zero-order valence-corrected chi connectivity index (χ0v) is 17.0. The maximum absolute atomic E-state index is 12.6. The summed E-state index contributed by atoms with van der Waals surface area (Å²) in [6.07, 6.45) is 6.00. The van der Waals surface area contributed by atoms with E-state index in [1.807, 2.05) is 39.8 Å². The van der Waals surface area contributed by atoms with Crippen LogP contribution in [0.1, 0.15) is 41.0 Å². The maximum atomic E-state index is 12.6. The van der Waals surface area contributed by atoms with Crippen LogP contribution in [0, 0.1) is 11.3 Å². The van der Waals surface area contributed by atoms with Gasteiger partial charge in [0.25, 0.3) is 11.5 Å². The fourth-order valence-electron chi connectivity index (χ4n) is 4.76. The van der Waals surface area contributed by atoms with E-state index >= 15 is 0 Å². The topological polar surface area (TPSA) is 84.3 Å². The SMILES string of the molecule is O=C(NCCc1ccccc1)c1cn2c(nc1=O)C[C@]1(CCN(C(=O)C3CC3)C1)C2. The van der Waals surface area contributed by atoms with Crippen molar-refractivity contribution in [3.63, 3.8) is 0 Å². The second-order valence-corrected chi connectivity index (χ2v) is 8.96. The van der Waals surface area contributed by atoms with E-state index in [9.17, 15) is 14.4 Å². The van der Waals surface area contributed by atoms with E-state index in [1.165, 1.54) is 0 Å². The summed E-state index contributed by atoms with van der Waals surface area (Å²) in [6.45, 7) is 2.67. The predicted molar refractivity (Wildman–Crippen MR) is 111 cm³/mol. The predicted octanol–water partition coefficient (Wildman–Crippen LogP) is 1.40. The number of carbonyl (C=O) groups is 2. The molecule has 1 spiro atoms. The molecule has 1 N–H and O–H groups in total. The molecule has 3 aliphatic rings. The summed E-state index contributed by atoms with van der Waals surface area (Å²) in [6, 6.07) is 9.91. The van der Waals surface area contributed by atoms with Gasteiger partial charge < -0.3 is 14.8 Å². The quantitative estimate of drug-likeness (QED) is 0.814. The van der Waals surface area contributed by atoms with Crippen LogP contribution in [0.25, 0.3) is 0 Å². The highest BCUT2D eigenvalue weighted by molar-refractivity contribution is 5.93. The molecule has 1 saturated carbocycles. The highest BCUT2D eigenvalue weighted by atomic mass is 16.2. The number of benzene rings is 1. The molecule has 0 bridgehead atoms. The van der Waals surface area contributed by atoms with E-state index in [4.69, 9.17) is 0 Å². The molecule has 156 valence electrons. The van der Waals surface area contributed by atoms with Crippen molar-refractivity contribution in [1.82, 2.24) is 19.8 Å². The molecule has 0 radical (unpaired) electrons. The van der Waals surface area contributed by atoms with Crippen LogP contribution in [0.4, 0.5) is 0 Å². The number of rotatable bonds is 5. The monoisotopic (exact) mass is 406 g/mol. The number of hydrogen-bond donors (Lipinski definition) is 1. The van der Waals surface area contributed by atoms with Crippen molar-refractivity contribution in [2.45, 2.75) is 38.6 Å². The molecule has 1 aliphatic carbocycles. The highest BCUT2D eigenvalue weighted by Gasteiger charge is 2.47.